The molecule has 1 N–H and O–H groups in total. The Morgan fingerprint density at radius 2 is 1.71 bits per heavy atom. The standard InChI is InChI=1S/C28H29NO5/c1-5-33-21-14-10-19(11-15-21)25(30)23-24(18-8-12-20(13-9-18)28(2,3)4)29(27(32)26(23)31)17-22-7-6-16-34-22/h6-16,24,30H,5,17H2,1-4H3/t24-/m1/s1. The van der Waals surface area contributed by atoms with E-state index in [0.717, 1.165) is 11.1 Å². The first-order chi connectivity index (χ1) is 16.2. The number of hydrogen-bond donors (Lipinski definition) is 1. The van der Waals surface area contributed by atoms with Crippen molar-refractivity contribution >= 4 is 17.4 Å². The Balaban J connectivity index is 1.81. The van der Waals surface area contributed by atoms with Crippen molar-refractivity contribution in [3.63, 3.8) is 0 Å². The maximum Gasteiger partial charge on any atom is 0.296 e. The molecule has 4 rings (SSSR count). The summed E-state index contributed by atoms with van der Waals surface area (Å²) >= 11 is 0. The van der Waals surface area contributed by atoms with Gasteiger partial charge in [-0.05, 0) is 59.9 Å². The zero-order valence-electron chi connectivity index (χ0n) is 19.9. The van der Waals surface area contributed by atoms with E-state index >= 15 is 0 Å². The Hall–Kier alpha value is -3.80. The molecule has 0 saturated carbocycles. The molecule has 0 spiro atoms. The molecule has 0 aliphatic carbocycles. The summed E-state index contributed by atoms with van der Waals surface area (Å²) < 4.78 is 10.9. The van der Waals surface area contributed by atoms with E-state index in [1.54, 1.807) is 36.4 Å². The van der Waals surface area contributed by atoms with Crippen molar-refractivity contribution in [3.8, 4) is 5.75 Å². The number of nitrogens with zero attached hydrogens (tertiary/aromatic N) is 1. The first-order valence-corrected chi connectivity index (χ1v) is 11.3. The molecule has 0 bridgehead atoms. The lowest BCUT2D eigenvalue weighted by Gasteiger charge is -2.26. The van der Waals surface area contributed by atoms with E-state index < -0.39 is 17.7 Å². The number of likely N-dealkylation sites (tertiary alicyclic amines) is 1. The Bertz CT molecular complexity index is 1200. The van der Waals surface area contributed by atoms with Gasteiger partial charge in [0.15, 0.2) is 0 Å². The Morgan fingerprint density at radius 1 is 1.03 bits per heavy atom. The minimum Gasteiger partial charge on any atom is -0.507 e. The zero-order chi connectivity index (χ0) is 24.5. The highest BCUT2D eigenvalue weighted by atomic mass is 16.5. The van der Waals surface area contributed by atoms with E-state index in [4.69, 9.17) is 9.15 Å². The quantitative estimate of drug-likeness (QED) is 0.295. The van der Waals surface area contributed by atoms with Crippen LogP contribution in [0.1, 0.15) is 56.2 Å². The number of hydrogen-bond acceptors (Lipinski definition) is 5. The maximum atomic E-state index is 13.2. The summed E-state index contributed by atoms with van der Waals surface area (Å²) in [6.07, 6.45) is 1.53. The largest absolute Gasteiger partial charge is 0.507 e. The summed E-state index contributed by atoms with van der Waals surface area (Å²) in [4.78, 5) is 27.7. The highest BCUT2D eigenvalue weighted by molar-refractivity contribution is 6.46. The SMILES string of the molecule is CCOc1ccc(C(O)=C2C(=O)C(=O)N(Cc3ccco3)[C@@H]2c2ccc(C(C)(C)C)cc2)cc1. The topological polar surface area (TPSA) is 80.0 Å². The third-order valence-electron chi connectivity index (χ3n) is 5.98. The molecule has 1 aliphatic heterocycles. The van der Waals surface area contributed by atoms with Crippen LogP contribution in [-0.2, 0) is 21.5 Å². The van der Waals surface area contributed by atoms with Crippen LogP contribution in [0.3, 0.4) is 0 Å². The van der Waals surface area contributed by atoms with Crippen LogP contribution in [0.5, 0.6) is 5.75 Å². The molecule has 1 atom stereocenters. The third-order valence-corrected chi connectivity index (χ3v) is 5.98. The number of furan rings is 1. The van der Waals surface area contributed by atoms with E-state index in [1.807, 2.05) is 31.2 Å². The van der Waals surface area contributed by atoms with Gasteiger partial charge < -0.3 is 19.2 Å². The molecule has 1 saturated heterocycles. The minimum absolute atomic E-state index is 0.0448. The van der Waals surface area contributed by atoms with Gasteiger partial charge in [-0.15, -0.1) is 0 Å². The molecule has 2 heterocycles. The highest BCUT2D eigenvalue weighted by Crippen LogP contribution is 2.41. The van der Waals surface area contributed by atoms with Crippen LogP contribution in [0, 0.1) is 0 Å². The molecule has 1 fully saturated rings. The van der Waals surface area contributed by atoms with Gasteiger partial charge in [-0.3, -0.25) is 9.59 Å². The van der Waals surface area contributed by atoms with Gasteiger partial charge >= 0.3 is 0 Å². The van der Waals surface area contributed by atoms with Crippen molar-refractivity contribution in [3.05, 3.63) is 95.0 Å². The molecular formula is C28H29NO5. The average Bonchev–Trinajstić information content (AvgIpc) is 3.41. The van der Waals surface area contributed by atoms with Crippen LogP contribution in [0.2, 0.25) is 0 Å². The monoisotopic (exact) mass is 459 g/mol. The second-order valence-corrected chi connectivity index (χ2v) is 9.34. The molecule has 6 nitrogen and oxygen atoms in total. The summed E-state index contributed by atoms with van der Waals surface area (Å²) in [5.41, 5.74) is 2.33. The first kappa shape index (κ1) is 23.4. The third kappa shape index (κ3) is 4.49. The fourth-order valence-corrected chi connectivity index (χ4v) is 4.16. The number of amides is 1. The van der Waals surface area contributed by atoms with Crippen LogP contribution in [0.4, 0.5) is 0 Å². The average molecular weight is 460 g/mol. The molecule has 0 unspecified atom stereocenters. The molecule has 2 aromatic carbocycles. The normalized spacial score (nSPS) is 17.9. The van der Waals surface area contributed by atoms with Crippen molar-refractivity contribution < 1.29 is 23.8 Å². The van der Waals surface area contributed by atoms with Crippen molar-refractivity contribution in [1.82, 2.24) is 4.90 Å². The molecule has 1 aliphatic rings. The van der Waals surface area contributed by atoms with Crippen molar-refractivity contribution in [2.45, 2.75) is 45.7 Å². The van der Waals surface area contributed by atoms with Gasteiger partial charge in [0, 0.05) is 5.56 Å². The maximum absolute atomic E-state index is 13.2. The molecule has 6 heteroatoms. The van der Waals surface area contributed by atoms with Gasteiger partial charge in [-0.1, -0.05) is 45.0 Å². The number of ether oxygens (including phenoxy) is 1. The Labute approximate surface area is 199 Å². The number of ketones is 1. The van der Waals surface area contributed by atoms with Gasteiger partial charge in [0.25, 0.3) is 11.7 Å². The number of Topliss-reactive ketones (excluding diaryl/α,β-unsaturated/α-hetero) is 1. The first-order valence-electron chi connectivity index (χ1n) is 11.3. The fourth-order valence-electron chi connectivity index (χ4n) is 4.16. The lowest BCUT2D eigenvalue weighted by Crippen LogP contribution is -2.29. The molecule has 3 aromatic rings. The van der Waals surface area contributed by atoms with E-state index in [1.165, 1.54) is 11.2 Å². The van der Waals surface area contributed by atoms with Gasteiger partial charge in [-0.2, -0.15) is 0 Å². The molecular weight excluding hydrogens is 430 g/mol. The van der Waals surface area contributed by atoms with Crippen molar-refractivity contribution in [2.75, 3.05) is 6.61 Å². The number of carbonyl (C=O) groups is 2. The second-order valence-electron chi connectivity index (χ2n) is 9.34. The fraction of sp³-hybridized carbons (Fsp3) is 0.286. The van der Waals surface area contributed by atoms with Gasteiger partial charge in [0.2, 0.25) is 0 Å². The highest BCUT2D eigenvalue weighted by Gasteiger charge is 2.46. The van der Waals surface area contributed by atoms with Crippen LogP contribution in [-0.4, -0.2) is 28.3 Å². The predicted octanol–water partition coefficient (Wildman–Crippen LogP) is 5.60. The summed E-state index contributed by atoms with van der Waals surface area (Å²) in [5.74, 6) is -0.393. The summed E-state index contributed by atoms with van der Waals surface area (Å²) in [5, 5.41) is 11.2. The van der Waals surface area contributed by atoms with Crippen molar-refractivity contribution in [1.29, 1.82) is 0 Å². The van der Waals surface area contributed by atoms with E-state index in [2.05, 4.69) is 20.8 Å². The predicted molar refractivity (Wildman–Crippen MR) is 129 cm³/mol. The van der Waals surface area contributed by atoms with Gasteiger partial charge in [0.1, 0.15) is 17.3 Å². The Kier molecular flexibility index (Phi) is 6.33. The van der Waals surface area contributed by atoms with Crippen LogP contribution in [0.15, 0.2) is 76.9 Å². The number of rotatable bonds is 6. The zero-order valence-corrected chi connectivity index (χ0v) is 19.9. The molecule has 1 amide bonds. The van der Waals surface area contributed by atoms with Gasteiger partial charge in [-0.25, -0.2) is 0 Å². The number of carbonyl (C=O) groups excluding carboxylic acids is 2. The van der Waals surface area contributed by atoms with Crippen LogP contribution < -0.4 is 4.74 Å². The molecule has 0 radical (unpaired) electrons. The van der Waals surface area contributed by atoms with E-state index in [0.29, 0.717) is 23.7 Å². The molecule has 176 valence electrons. The van der Waals surface area contributed by atoms with Crippen LogP contribution in [0.25, 0.3) is 5.76 Å². The second kappa shape index (κ2) is 9.21. The van der Waals surface area contributed by atoms with E-state index in [9.17, 15) is 14.7 Å². The van der Waals surface area contributed by atoms with Crippen molar-refractivity contribution in [2.24, 2.45) is 0 Å². The smallest absolute Gasteiger partial charge is 0.296 e. The van der Waals surface area contributed by atoms with E-state index in [-0.39, 0.29) is 23.3 Å². The number of aliphatic hydroxyl groups excluding tert-OH is 1. The summed E-state index contributed by atoms with van der Waals surface area (Å²) in [6.45, 7) is 8.89. The summed E-state index contributed by atoms with van der Waals surface area (Å²) in [6, 6.07) is 17.4. The molecule has 1 aromatic heterocycles. The summed E-state index contributed by atoms with van der Waals surface area (Å²) in [7, 11) is 0. The lowest BCUT2D eigenvalue weighted by atomic mass is 9.85. The van der Waals surface area contributed by atoms with Gasteiger partial charge in [0.05, 0.1) is 31.0 Å². The van der Waals surface area contributed by atoms with Crippen LogP contribution >= 0.6 is 0 Å². The number of benzene rings is 2. The Morgan fingerprint density at radius 3 is 2.26 bits per heavy atom. The molecule has 34 heavy (non-hydrogen) atoms. The number of aliphatic hydroxyl groups is 1. The lowest BCUT2D eigenvalue weighted by molar-refractivity contribution is -0.140. The minimum atomic E-state index is -0.745.